The Morgan fingerprint density at radius 1 is 1.33 bits per heavy atom. The van der Waals surface area contributed by atoms with Gasteiger partial charge < -0.3 is 19.1 Å². The van der Waals surface area contributed by atoms with E-state index in [0.29, 0.717) is 19.3 Å². The third kappa shape index (κ3) is 5.33. The van der Waals surface area contributed by atoms with Gasteiger partial charge in [-0.15, -0.1) is 0 Å². The van der Waals surface area contributed by atoms with Crippen LogP contribution in [0.1, 0.15) is 26.2 Å². The van der Waals surface area contributed by atoms with Gasteiger partial charge in [0.15, 0.2) is 0 Å². The van der Waals surface area contributed by atoms with Crippen LogP contribution < -0.4 is 0 Å². The van der Waals surface area contributed by atoms with Crippen LogP contribution in [-0.2, 0) is 19.0 Å². The van der Waals surface area contributed by atoms with Crippen molar-refractivity contribution < 1.29 is 19.0 Å². The lowest BCUT2D eigenvalue weighted by Gasteiger charge is -2.34. The number of methoxy groups -OCH3 is 1. The topological polar surface area (TPSA) is 48.0 Å². The Labute approximate surface area is 109 Å². The average molecular weight is 259 g/mol. The second-order valence-corrected chi connectivity index (χ2v) is 4.48. The summed E-state index contributed by atoms with van der Waals surface area (Å²) < 4.78 is 15.5. The van der Waals surface area contributed by atoms with Gasteiger partial charge in [0.05, 0.1) is 13.2 Å². The Hall–Kier alpha value is -0.650. The molecule has 0 aliphatic carbocycles. The van der Waals surface area contributed by atoms with Crippen molar-refractivity contribution in [3.8, 4) is 0 Å². The van der Waals surface area contributed by atoms with Crippen LogP contribution in [0.5, 0.6) is 0 Å². The standard InChI is InChI=1S/C13H25NO4/c1-3-6-14(12-4-7-17-8-5-12)13(15)11-18-10-9-16-2/h12H,3-11H2,1-2H3. The Morgan fingerprint density at radius 2 is 2.06 bits per heavy atom. The minimum absolute atomic E-state index is 0.0832. The quantitative estimate of drug-likeness (QED) is 0.612. The van der Waals surface area contributed by atoms with Gasteiger partial charge in [-0.1, -0.05) is 6.92 Å². The molecule has 1 heterocycles. The van der Waals surface area contributed by atoms with Crippen molar-refractivity contribution in [3.05, 3.63) is 0 Å². The molecule has 0 saturated carbocycles. The van der Waals surface area contributed by atoms with Gasteiger partial charge in [-0.05, 0) is 19.3 Å². The molecule has 0 bridgehead atoms. The van der Waals surface area contributed by atoms with Crippen LogP contribution in [0.15, 0.2) is 0 Å². The molecule has 1 aliphatic rings. The van der Waals surface area contributed by atoms with Crippen LogP contribution in [0, 0.1) is 0 Å². The minimum atomic E-state index is 0.0832. The monoisotopic (exact) mass is 259 g/mol. The zero-order chi connectivity index (χ0) is 13.2. The van der Waals surface area contributed by atoms with Crippen molar-refractivity contribution in [2.24, 2.45) is 0 Å². The molecule has 1 rings (SSSR count). The summed E-state index contributed by atoms with van der Waals surface area (Å²) in [4.78, 5) is 14.1. The number of hydrogen-bond donors (Lipinski definition) is 0. The first kappa shape index (κ1) is 15.4. The van der Waals surface area contributed by atoms with Crippen molar-refractivity contribution >= 4 is 5.91 Å². The summed E-state index contributed by atoms with van der Waals surface area (Å²) in [5.41, 5.74) is 0. The highest BCUT2D eigenvalue weighted by Crippen LogP contribution is 2.15. The Bertz CT molecular complexity index is 229. The molecule has 0 aromatic carbocycles. The highest BCUT2D eigenvalue weighted by Gasteiger charge is 2.24. The Morgan fingerprint density at radius 3 is 2.67 bits per heavy atom. The summed E-state index contributed by atoms with van der Waals surface area (Å²) in [6, 6.07) is 0.317. The van der Waals surface area contributed by atoms with Crippen LogP contribution in [0.25, 0.3) is 0 Å². The summed E-state index contributed by atoms with van der Waals surface area (Å²) in [5, 5.41) is 0. The molecule has 0 aromatic heterocycles. The number of ether oxygens (including phenoxy) is 3. The number of amides is 1. The van der Waals surface area contributed by atoms with Crippen molar-refractivity contribution in [1.29, 1.82) is 0 Å². The molecule has 0 radical (unpaired) electrons. The van der Waals surface area contributed by atoms with Gasteiger partial charge in [0.1, 0.15) is 6.61 Å². The SMILES string of the molecule is CCCN(C(=O)COCCOC)C1CCOCC1. The van der Waals surface area contributed by atoms with Gasteiger partial charge in [-0.25, -0.2) is 0 Å². The van der Waals surface area contributed by atoms with Crippen LogP contribution in [0.3, 0.4) is 0 Å². The summed E-state index contributed by atoms with van der Waals surface area (Å²) >= 11 is 0. The molecule has 1 fully saturated rings. The summed E-state index contributed by atoms with van der Waals surface area (Å²) in [7, 11) is 1.62. The maximum absolute atomic E-state index is 12.1. The maximum atomic E-state index is 12.1. The summed E-state index contributed by atoms with van der Waals surface area (Å²) in [6.45, 7) is 5.54. The minimum Gasteiger partial charge on any atom is -0.382 e. The van der Waals surface area contributed by atoms with Crippen LogP contribution >= 0.6 is 0 Å². The molecule has 106 valence electrons. The van der Waals surface area contributed by atoms with E-state index in [9.17, 15) is 4.79 Å². The third-order valence-corrected chi connectivity index (χ3v) is 3.07. The molecule has 1 aliphatic heterocycles. The molecular formula is C13H25NO4. The molecule has 1 amide bonds. The summed E-state index contributed by atoms with van der Waals surface area (Å²) in [6.07, 6.45) is 2.84. The van der Waals surface area contributed by atoms with E-state index < -0.39 is 0 Å². The number of hydrogen-bond acceptors (Lipinski definition) is 4. The lowest BCUT2D eigenvalue weighted by Crippen LogP contribution is -2.45. The second kappa shape index (κ2) is 9.30. The molecule has 0 atom stereocenters. The molecule has 0 unspecified atom stereocenters. The van der Waals surface area contributed by atoms with E-state index in [0.717, 1.165) is 39.0 Å². The Balaban J connectivity index is 2.36. The van der Waals surface area contributed by atoms with Crippen molar-refractivity contribution in [2.45, 2.75) is 32.2 Å². The average Bonchev–Trinajstić information content (AvgIpc) is 2.41. The van der Waals surface area contributed by atoms with Crippen molar-refractivity contribution in [2.75, 3.05) is 46.7 Å². The highest BCUT2D eigenvalue weighted by atomic mass is 16.5. The summed E-state index contributed by atoms with van der Waals surface area (Å²) in [5.74, 6) is 0.0832. The molecule has 18 heavy (non-hydrogen) atoms. The van der Waals surface area contributed by atoms with Crippen LogP contribution in [-0.4, -0.2) is 63.5 Å². The lowest BCUT2D eigenvalue weighted by atomic mass is 10.1. The smallest absolute Gasteiger partial charge is 0.248 e. The molecule has 0 aromatic rings. The van der Waals surface area contributed by atoms with E-state index in [1.807, 2.05) is 4.90 Å². The Kier molecular flexibility index (Phi) is 7.96. The molecule has 0 N–H and O–H groups in total. The first-order valence-electron chi connectivity index (χ1n) is 6.73. The molecule has 1 saturated heterocycles. The van der Waals surface area contributed by atoms with Gasteiger partial charge in [0, 0.05) is 32.9 Å². The zero-order valence-corrected chi connectivity index (χ0v) is 11.5. The van der Waals surface area contributed by atoms with Gasteiger partial charge in [-0.3, -0.25) is 4.79 Å². The highest BCUT2D eigenvalue weighted by molar-refractivity contribution is 5.77. The van der Waals surface area contributed by atoms with Gasteiger partial charge in [-0.2, -0.15) is 0 Å². The molecule has 5 nitrogen and oxygen atoms in total. The number of carbonyl (C=O) groups excluding carboxylic acids is 1. The molecule has 5 heteroatoms. The van der Waals surface area contributed by atoms with E-state index in [1.165, 1.54) is 0 Å². The fraction of sp³-hybridized carbons (Fsp3) is 0.923. The van der Waals surface area contributed by atoms with Gasteiger partial charge >= 0.3 is 0 Å². The van der Waals surface area contributed by atoms with Crippen molar-refractivity contribution in [1.82, 2.24) is 4.90 Å². The van der Waals surface area contributed by atoms with Gasteiger partial charge in [0.25, 0.3) is 0 Å². The second-order valence-electron chi connectivity index (χ2n) is 4.48. The number of carbonyl (C=O) groups is 1. The van der Waals surface area contributed by atoms with Crippen molar-refractivity contribution in [3.63, 3.8) is 0 Å². The van der Waals surface area contributed by atoms with E-state index >= 15 is 0 Å². The first-order chi connectivity index (χ1) is 8.79. The fourth-order valence-electron chi connectivity index (χ4n) is 2.13. The predicted molar refractivity (Wildman–Crippen MR) is 68.5 cm³/mol. The zero-order valence-electron chi connectivity index (χ0n) is 11.5. The maximum Gasteiger partial charge on any atom is 0.248 e. The van der Waals surface area contributed by atoms with Crippen LogP contribution in [0.4, 0.5) is 0 Å². The predicted octanol–water partition coefficient (Wildman–Crippen LogP) is 1.07. The van der Waals surface area contributed by atoms with Gasteiger partial charge in [0.2, 0.25) is 5.91 Å². The number of nitrogens with zero attached hydrogens (tertiary/aromatic N) is 1. The van der Waals surface area contributed by atoms with E-state index in [4.69, 9.17) is 14.2 Å². The normalized spacial score (nSPS) is 16.8. The van der Waals surface area contributed by atoms with E-state index in [1.54, 1.807) is 7.11 Å². The molecule has 0 spiro atoms. The van der Waals surface area contributed by atoms with Crippen LogP contribution in [0.2, 0.25) is 0 Å². The molecular weight excluding hydrogens is 234 g/mol. The third-order valence-electron chi connectivity index (χ3n) is 3.07. The largest absolute Gasteiger partial charge is 0.382 e. The fourth-order valence-corrected chi connectivity index (χ4v) is 2.13. The van der Waals surface area contributed by atoms with E-state index in [-0.39, 0.29) is 12.5 Å². The first-order valence-corrected chi connectivity index (χ1v) is 6.73. The number of rotatable bonds is 8. The van der Waals surface area contributed by atoms with E-state index in [2.05, 4.69) is 6.92 Å². The lowest BCUT2D eigenvalue weighted by molar-refractivity contribution is -0.140.